The number of hydrogen-bond donors (Lipinski definition) is 1. The third kappa shape index (κ3) is 2.21. The summed E-state index contributed by atoms with van der Waals surface area (Å²) < 4.78 is 3.95. The lowest BCUT2D eigenvalue weighted by Crippen LogP contribution is -2.47. The van der Waals surface area contributed by atoms with Crippen LogP contribution in [0.3, 0.4) is 0 Å². The van der Waals surface area contributed by atoms with Crippen molar-refractivity contribution in [2.45, 2.75) is 25.3 Å². The average Bonchev–Trinajstić information content (AvgIpc) is 2.70. The zero-order chi connectivity index (χ0) is 12.4. The molecular weight excluding hydrogens is 260 g/mol. The zero-order valence-corrected chi connectivity index (χ0v) is 10.6. The third-order valence-electron chi connectivity index (χ3n) is 2.84. The molecule has 2 heterocycles. The van der Waals surface area contributed by atoms with Gasteiger partial charge in [0.15, 0.2) is 5.15 Å². The first-order valence-electron chi connectivity index (χ1n) is 5.26. The number of nitriles is 1. The second-order valence-electron chi connectivity index (χ2n) is 3.87. The number of hydrogen-bond acceptors (Lipinski definition) is 5. The Labute approximate surface area is 108 Å². The smallest absolute Gasteiger partial charge is 0.240 e. The predicted molar refractivity (Wildman–Crippen MR) is 66.0 cm³/mol. The summed E-state index contributed by atoms with van der Waals surface area (Å²) in [5.41, 5.74) is 5.72. The summed E-state index contributed by atoms with van der Waals surface area (Å²) in [6.45, 7) is 0.709. The van der Waals surface area contributed by atoms with Gasteiger partial charge in [-0.3, -0.25) is 4.79 Å². The van der Waals surface area contributed by atoms with Gasteiger partial charge in [-0.15, -0.1) is 0 Å². The highest BCUT2D eigenvalue weighted by atomic mass is 35.5. The molecule has 0 spiro atoms. The van der Waals surface area contributed by atoms with E-state index < -0.39 is 0 Å². The Morgan fingerprint density at radius 1 is 1.65 bits per heavy atom. The minimum absolute atomic E-state index is 0.196. The minimum atomic E-state index is -0.363. The maximum absolute atomic E-state index is 11.4. The number of aromatic nitrogens is 1. The molecule has 1 aliphatic heterocycles. The van der Waals surface area contributed by atoms with Crippen LogP contribution in [0.2, 0.25) is 5.15 Å². The van der Waals surface area contributed by atoms with Gasteiger partial charge in [0.1, 0.15) is 22.7 Å². The van der Waals surface area contributed by atoms with E-state index in [1.807, 2.05) is 11.0 Å². The van der Waals surface area contributed by atoms with Gasteiger partial charge in [0.05, 0.1) is 0 Å². The Bertz CT molecular complexity index is 481. The number of carbonyl (C=O) groups excluding carboxylic acids is 1. The first kappa shape index (κ1) is 12.1. The predicted octanol–water partition coefficient (Wildman–Crippen LogP) is 1.51. The first-order chi connectivity index (χ1) is 8.15. The number of nitrogens with two attached hydrogens (primary N) is 1. The molecule has 1 aliphatic rings. The van der Waals surface area contributed by atoms with Gasteiger partial charge in [-0.2, -0.15) is 9.64 Å². The monoisotopic (exact) mass is 270 g/mol. The van der Waals surface area contributed by atoms with E-state index in [9.17, 15) is 4.79 Å². The van der Waals surface area contributed by atoms with E-state index in [2.05, 4.69) is 4.37 Å². The summed E-state index contributed by atoms with van der Waals surface area (Å²) in [6, 6.07) is 1.67. The number of nitrogens with zero attached hydrogens (tertiary/aromatic N) is 3. The normalized spacial score (nSPS) is 20.0. The van der Waals surface area contributed by atoms with Crippen LogP contribution in [0, 0.1) is 11.3 Å². The fraction of sp³-hybridized carbons (Fsp3) is 0.500. The number of amides is 1. The highest BCUT2D eigenvalue weighted by Gasteiger charge is 2.30. The van der Waals surface area contributed by atoms with Gasteiger partial charge in [0.25, 0.3) is 0 Å². The molecule has 5 nitrogen and oxygen atoms in total. The van der Waals surface area contributed by atoms with E-state index in [-0.39, 0.29) is 17.1 Å². The standard InChI is InChI=1S/C10H11ClN4OS/c11-8-6(5-12)10(17-14-8)15-4-2-1-3-7(15)9(13)16/h7H,1-4H2,(H2,13,16). The van der Waals surface area contributed by atoms with Gasteiger partial charge >= 0.3 is 0 Å². The lowest BCUT2D eigenvalue weighted by atomic mass is 10.0. The van der Waals surface area contributed by atoms with Crippen molar-refractivity contribution in [3.8, 4) is 6.07 Å². The topological polar surface area (TPSA) is 83.0 Å². The summed E-state index contributed by atoms with van der Waals surface area (Å²) in [5.74, 6) is -0.363. The summed E-state index contributed by atoms with van der Waals surface area (Å²) in [5, 5.41) is 9.88. The van der Waals surface area contributed by atoms with Gasteiger partial charge in [-0.05, 0) is 30.8 Å². The van der Waals surface area contributed by atoms with Gasteiger partial charge < -0.3 is 10.6 Å². The van der Waals surface area contributed by atoms with Crippen LogP contribution in [-0.2, 0) is 4.79 Å². The van der Waals surface area contributed by atoms with Crippen molar-refractivity contribution in [2.24, 2.45) is 5.73 Å². The van der Waals surface area contributed by atoms with Crippen molar-refractivity contribution < 1.29 is 4.79 Å². The lowest BCUT2D eigenvalue weighted by molar-refractivity contribution is -0.119. The molecular formula is C10H11ClN4OS. The summed E-state index contributed by atoms with van der Waals surface area (Å²) in [4.78, 5) is 13.2. The van der Waals surface area contributed by atoms with Crippen LogP contribution in [0.25, 0.3) is 0 Å². The van der Waals surface area contributed by atoms with Crippen molar-refractivity contribution in [3.05, 3.63) is 10.7 Å². The van der Waals surface area contributed by atoms with Crippen LogP contribution in [0.5, 0.6) is 0 Å². The molecule has 1 atom stereocenters. The number of halogens is 1. The maximum Gasteiger partial charge on any atom is 0.240 e. The number of carbonyl (C=O) groups is 1. The Morgan fingerprint density at radius 2 is 2.41 bits per heavy atom. The van der Waals surface area contributed by atoms with E-state index in [0.717, 1.165) is 30.8 Å². The molecule has 1 aromatic heterocycles. The second-order valence-corrected chi connectivity index (χ2v) is 4.98. The first-order valence-corrected chi connectivity index (χ1v) is 6.41. The van der Waals surface area contributed by atoms with Crippen molar-refractivity contribution in [3.63, 3.8) is 0 Å². The SMILES string of the molecule is N#Cc1c(Cl)nsc1N1CCCCC1C(N)=O. The fourth-order valence-electron chi connectivity index (χ4n) is 2.02. The van der Waals surface area contributed by atoms with E-state index in [4.69, 9.17) is 22.6 Å². The van der Waals surface area contributed by atoms with Crippen LogP contribution in [0.1, 0.15) is 24.8 Å². The summed E-state index contributed by atoms with van der Waals surface area (Å²) in [7, 11) is 0. The second kappa shape index (κ2) is 4.90. The molecule has 0 aromatic carbocycles. The number of primary amides is 1. The third-order valence-corrected chi connectivity index (χ3v) is 4.10. The average molecular weight is 271 g/mol. The number of anilines is 1. The Balaban J connectivity index is 2.36. The van der Waals surface area contributed by atoms with Crippen molar-refractivity contribution in [1.82, 2.24) is 4.37 Å². The van der Waals surface area contributed by atoms with Gasteiger partial charge in [-0.1, -0.05) is 11.6 Å². The molecule has 0 bridgehead atoms. The maximum atomic E-state index is 11.4. The Morgan fingerprint density at radius 3 is 3.06 bits per heavy atom. The van der Waals surface area contributed by atoms with Crippen LogP contribution in [-0.4, -0.2) is 22.9 Å². The Kier molecular flexibility index (Phi) is 3.50. The van der Waals surface area contributed by atoms with Gasteiger partial charge in [0, 0.05) is 6.54 Å². The lowest BCUT2D eigenvalue weighted by Gasteiger charge is -2.34. The molecule has 17 heavy (non-hydrogen) atoms. The molecule has 1 aromatic rings. The molecule has 0 saturated carbocycles. The van der Waals surface area contributed by atoms with E-state index in [1.54, 1.807) is 0 Å². The summed E-state index contributed by atoms with van der Waals surface area (Å²) >= 11 is 6.97. The molecule has 0 radical (unpaired) electrons. The van der Waals surface area contributed by atoms with Gasteiger partial charge in [-0.25, -0.2) is 0 Å². The van der Waals surface area contributed by atoms with E-state index >= 15 is 0 Å². The molecule has 2 rings (SSSR count). The molecule has 1 unspecified atom stereocenters. The highest BCUT2D eigenvalue weighted by molar-refractivity contribution is 7.10. The van der Waals surface area contributed by atoms with E-state index in [0.29, 0.717) is 17.1 Å². The molecule has 7 heteroatoms. The molecule has 2 N–H and O–H groups in total. The van der Waals surface area contributed by atoms with E-state index in [1.165, 1.54) is 0 Å². The fourth-order valence-corrected chi connectivity index (χ4v) is 3.13. The molecule has 1 amide bonds. The molecule has 0 aliphatic carbocycles. The molecule has 1 saturated heterocycles. The Hall–Kier alpha value is -1.32. The minimum Gasteiger partial charge on any atom is -0.368 e. The zero-order valence-electron chi connectivity index (χ0n) is 9.02. The number of piperidine rings is 1. The van der Waals surface area contributed by atoms with Crippen LogP contribution in [0.4, 0.5) is 5.00 Å². The van der Waals surface area contributed by atoms with Crippen molar-refractivity contribution in [2.75, 3.05) is 11.4 Å². The quantitative estimate of drug-likeness (QED) is 0.883. The van der Waals surface area contributed by atoms with Crippen LogP contribution >= 0.6 is 23.1 Å². The molecule has 1 fully saturated rings. The number of rotatable bonds is 2. The largest absolute Gasteiger partial charge is 0.368 e. The summed E-state index contributed by atoms with van der Waals surface area (Å²) in [6.07, 6.45) is 2.67. The van der Waals surface area contributed by atoms with Crippen LogP contribution < -0.4 is 10.6 Å². The van der Waals surface area contributed by atoms with Gasteiger partial charge in [0.2, 0.25) is 5.91 Å². The van der Waals surface area contributed by atoms with Crippen LogP contribution in [0.15, 0.2) is 0 Å². The van der Waals surface area contributed by atoms with Crippen molar-refractivity contribution >= 4 is 34.0 Å². The highest BCUT2D eigenvalue weighted by Crippen LogP contribution is 2.34. The van der Waals surface area contributed by atoms with Crippen molar-refractivity contribution in [1.29, 1.82) is 5.26 Å². The molecule has 90 valence electrons.